The molecule has 2 aromatic heterocycles. The zero-order valence-electron chi connectivity index (χ0n) is 14.6. The number of benzene rings is 2. The van der Waals surface area contributed by atoms with E-state index in [9.17, 15) is 8.42 Å². The van der Waals surface area contributed by atoms with E-state index in [1.54, 1.807) is 48.5 Å². The van der Waals surface area contributed by atoms with Crippen LogP contribution in [0, 0.1) is 0 Å². The Hall–Kier alpha value is -2.75. The van der Waals surface area contributed by atoms with Crippen LogP contribution >= 0.6 is 23.2 Å². The molecule has 0 saturated heterocycles. The zero-order valence-corrected chi connectivity index (χ0v) is 16.9. The molecule has 2 heterocycles. The molecule has 11 heteroatoms. The van der Waals surface area contributed by atoms with E-state index in [1.165, 1.54) is 0 Å². The highest BCUT2D eigenvalue weighted by molar-refractivity contribution is 7.89. The van der Waals surface area contributed by atoms with Gasteiger partial charge >= 0.3 is 0 Å². The first-order chi connectivity index (χ1) is 13.9. The molecule has 0 radical (unpaired) electrons. The summed E-state index contributed by atoms with van der Waals surface area (Å²) in [6.07, 6.45) is 0. The van der Waals surface area contributed by atoms with E-state index in [0.29, 0.717) is 21.2 Å². The normalized spacial score (nSPS) is 11.7. The van der Waals surface area contributed by atoms with Crippen LogP contribution in [0.2, 0.25) is 10.0 Å². The molecule has 29 heavy (non-hydrogen) atoms. The monoisotopic (exact) mass is 450 g/mol. The van der Waals surface area contributed by atoms with Crippen molar-refractivity contribution >= 4 is 33.0 Å². The van der Waals surface area contributed by atoms with E-state index >= 15 is 0 Å². The van der Waals surface area contributed by atoms with Crippen LogP contribution in [0.3, 0.4) is 0 Å². The van der Waals surface area contributed by atoms with Crippen molar-refractivity contribution in [2.45, 2.75) is 11.5 Å². The molecular weight excluding hydrogens is 439 g/mol. The first kappa shape index (κ1) is 19.6. The predicted molar refractivity (Wildman–Crippen MR) is 106 cm³/mol. The van der Waals surface area contributed by atoms with Crippen LogP contribution in [0.25, 0.3) is 22.9 Å². The summed E-state index contributed by atoms with van der Waals surface area (Å²) in [4.78, 5) is 0. The number of sulfone groups is 1. The molecule has 0 aliphatic heterocycles. The highest BCUT2D eigenvalue weighted by atomic mass is 35.5. The lowest BCUT2D eigenvalue weighted by molar-refractivity contribution is 0.506. The van der Waals surface area contributed by atoms with Crippen molar-refractivity contribution < 1.29 is 17.3 Å². The molecular formula is C18H12Cl2N4O4S. The summed E-state index contributed by atoms with van der Waals surface area (Å²) in [7, 11) is -3.67. The summed E-state index contributed by atoms with van der Waals surface area (Å²) in [5.74, 6) is -0.567. The van der Waals surface area contributed by atoms with Crippen molar-refractivity contribution in [2.24, 2.45) is 0 Å². The Balaban J connectivity index is 1.46. The molecule has 4 aromatic rings. The molecule has 0 fully saturated rings. The van der Waals surface area contributed by atoms with Crippen molar-refractivity contribution in [1.82, 2.24) is 20.4 Å². The molecule has 2 aromatic carbocycles. The second kappa shape index (κ2) is 7.94. The second-order valence-electron chi connectivity index (χ2n) is 6.05. The Morgan fingerprint density at radius 1 is 0.655 bits per heavy atom. The van der Waals surface area contributed by atoms with Crippen molar-refractivity contribution in [3.8, 4) is 22.9 Å². The average molecular weight is 451 g/mol. The number of rotatable bonds is 6. The Kier molecular flexibility index (Phi) is 5.35. The van der Waals surface area contributed by atoms with Gasteiger partial charge in [0.2, 0.25) is 23.6 Å². The smallest absolute Gasteiger partial charge is 0.247 e. The van der Waals surface area contributed by atoms with Crippen LogP contribution in [-0.4, -0.2) is 28.8 Å². The molecule has 0 spiro atoms. The van der Waals surface area contributed by atoms with Gasteiger partial charge in [0.1, 0.15) is 11.5 Å². The van der Waals surface area contributed by atoms with E-state index in [4.69, 9.17) is 32.0 Å². The molecule has 148 valence electrons. The number of hydrogen-bond donors (Lipinski definition) is 0. The van der Waals surface area contributed by atoms with Gasteiger partial charge in [-0.1, -0.05) is 23.2 Å². The lowest BCUT2D eigenvalue weighted by Crippen LogP contribution is -2.08. The minimum absolute atomic E-state index is 0.0348. The van der Waals surface area contributed by atoms with E-state index < -0.39 is 21.3 Å². The third-order valence-electron chi connectivity index (χ3n) is 3.80. The minimum Gasteiger partial charge on any atom is -0.420 e. The minimum atomic E-state index is -3.67. The summed E-state index contributed by atoms with van der Waals surface area (Å²) in [5.41, 5.74) is 1.27. The Morgan fingerprint density at radius 2 is 1.03 bits per heavy atom. The molecule has 0 atom stereocenters. The fourth-order valence-corrected chi connectivity index (χ4v) is 3.81. The van der Waals surface area contributed by atoms with Crippen LogP contribution in [0.4, 0.5) is 0 Å². The first-order valence-electron chi connectivity index (χ1n) is 8.25. The van der Waals surface area contributed by atoms with Gasteiger partial charge in [0.15, 0.2) is 9.84 Å². The van der Waals surface area contributed by atoms with Gasteiger partial charge in [0, 0.05) is 21.2 Å². The van der Waals surface area contributed by atoms with Crippen molar-refractivity contribution in [1.29, 1.82) is 0 Å². The largest absolute Gasteiger partial charge is 0.420 e. The van der Waals surface area contributed by atoms with Gasteiger partial charge in [-0.3, -0.25) is 0 Å². The van der Waals surface area contributed by atoms with Gasteiger partial charge in [0.05, 0.1) is 0 Å². The zero-order chi connectivity index (χ0) is 20.4. The topological polar surface area (TPSA) is 112 Å². The summed E-state index contributed by atoms with van der Waals surface area (Å²) in [6, 6.07) is 13.5. The summed E-state index contributed by atoms with van der Waals surface area (Å²) in [5, 5.41) is 16.5. The highest BCUT2D eigenvalue weighted by Gasteiger charge is 2.22. The molecule has 0 unspecified atom stereocenters. The van der Waals surface area contributed by atoms with Crippen molar-refractivity contribution in [2.75, 3.05) is 0 Å². The molecule has 0 aliphatic carbocycles. The SMILES string of the molecule is O=S(=O)(Cc1nnc(-c2ccc(Cl)cc2)o1)Cc1nnc(-c2ccc(Cl)cc2)o1. The van der Waals surface area contributed by atoms with Crippen LogP contribution < -0.4 is 0 Å². The van der Waals surface area contributed by atoms with Crippen LogP contribution in [0.1, 0.15) is 11.8 Å². The first-order valence-corrected chi connectivity index (χ1v) is 10.8. The van der Waals surface area contributed by atoms with Gasteiger partial charge in [-0.15, -0.1) is 20.4 Å². The lowest BCUT2D eigenvalue weighted by atomic mass is 10.2. The molecule has 8 nitrogen and oxygen atoms in total. The third-order valence-corrected chi connectivity index (χ3v) is 5.68. The standard InChI is InChI=1S/C18H12Cl2N4O4S/c19-13-5-1-11(2-6-13)17-23-21-15(27-17)9-29(25,26)10-16-22-24-18(28-16)12-3-7-14(20)8-4-12/h1-8H,9-10H2. The summed E-state index contributed by atoms with van der Waals surface area (Å²) in [6.45, 7) is 0. The number of halogens is 2. The number of aromatic nitrogens is 4. The molecule has 4 rings (SSSR count). The molecule has 0 bridgehead atoms. The predicted octanol–water partition coefficient (Wildman–Crippen LogP) is 4.21. The van der Waals surface area contributed by atoms with Crippen LogP contribution in [0.15, 0.2) is 57.4 Å². The van der Waals surface area contributed by atoms with Gasteiger partial charge in [-0.05, 0) is 48.5 Å². The Morgan fingerprint density at radius 3 is 1.41 bits per heavy atom. The Bertz CT molecular complexity index is 1140. The lowest BCUT2D eigenvalue weighted by Gasteiger charge is -1.98. The van der Waals surface area contributed by atoms with E-state index in [0.717, 1.165) is 0 Å². The van der Waals surface area contributed by atoms with Crippen LogP contribution in [-0.2, 0) is 21.3 Å². The second-order valence-corrected chi connectivity index (χ2v) is 8.99. The van der Waals surface area contributed by atoms with Gasteiger partial charge in [0.25, 0.3) is 0 Å². The summed E-state index contributed by atoms with van der Waals surface area (Å²) < 4.78 is 35.8. The van der Waals surface area contributed by atoms with Crippen LogP contribution in [0.5, 0.6) is 0 Å². The maximum absolute atomic E-state index is 12.5. The quantitative estimate of drug-likeness (QED) is 0.429. The average Bonchev–Trinajstić information content (AvgIpc) is 3.32. The summed E-state index contributed by atoms with van der Waals surface area (Å²) >= 11 is 11.7. The van der Waals surface area contributed by atoms with E-state index in [-0.39, 0.29) is 23.6 Å². The maximum atomic E-state index is 12.5. The number of nitrogens with zero attached hydrogens (tertiary/aromatic N) is 4. The highest BCUT2D eigenvalue weighted by Crippen LogP contribution is 2.23. The van der Waals surface area contributed by atoms with Gasteiger partial charge in [-0.25, -0.2) is 8.42 Å². The molecule has 0 aliphatic rings. The van der Waals surface area contributed by atoms with Gasteiger partial charge < -0.3 is 8.83 Å². The van der Waals surface area contributed by atoms with Gasteiger partial charge in [-0.2, -0.15) is 0 Å². The molecule has 0 saturated carbocycles. The molecule has 0 N–H and O–H groups in total. The number of hydrogen-bond acceptors (Lipinski definition) is 8. The Labute approximate surface area is 175 Å². The van der Waals surface area contributed by atoms with Crippen molar-refractivity contribution in [3.05, 3.63) is 70.4 Å². The maximum Gasteiger partial charge on any atom is 0.247 e. The van der Waals surface area contributed by atoms with E-state index in [1.807, 2.05) is 0 Å². The van der Waals surface area contributed by atoms with E-state index in [2.05, 4.69) is 20.4 Å². The van der Waals surface area contributed by atoms with Crippen molar-refractivity contribution in [3.63, 3.8) is 0 Å². The fraction of sp³-hybridized carbons (Fsp3) is 0.111. The fourth-order valence-electron chi connectivity index (χ4n) is 2.47. The third kappa shape index (κ3) is 4.81. The molecule has 0 amide bonds.